The van der Waals surface area contributed by atoms with E-state index in [4.69, 9.17) is 4.74 Å². The van der Waals surface area contributed by atoms with Gasteiger partial charge < -0.3 is 4.74 Å². The fourth-order valence-corrected chi connectivity index (χ4v) is 4.79. The Kier molecular flexibility index (Phi) is 6.36. The van der Waals surface area contributed by atoms with Gasteiger partial charge in [0.15, 0.2) is 0 Å². The molecule has 0 aliphatic carbocycles. The molecule has 0 saturated heterocycles. The summed E-state index contributed by atoms with van der Waals surface area (Å²) in [6.07, 6.45) is 1.07. The summed E-state index contributed by atoms with van der Waals surface area (Å²) >= 11 is 0. The number of fused-ring (bicyclic) bond motifs is 3. The van der Waals surface area contributed by atoms with Crippen molar-refractivity contribution in [1.82, 2.24) is 0 Å². The van der Waals surface area contributed by atoms with Crippen molar-refractivity contribution in [2.45, 2.75) is 45.6 Å². The lowest BCUT2D eigenvalue weighted by Crippen LogP contribution is -2.25. The Bertz CT molecular complexity index is 1530. The summed E-state index contributed by atoms with van der Waals surface area (Å²) < 4.78 is 6.00. The molecule has 1 atom stereocenters. The first-order valence-corrected chi connectivity index (χ1v) is 12.7. The van der Waals surface area contributed by atoms with Crippen LogP contribution in [0.4, 0.5) is 0 Å². The minimum atomic E-state index is -0.757. The van der Waals surface area contributed by atoms with Crippen LogP contribution in [0.25, 0.3) is 32.7 Å². The largest absolute Gasteiger partial charge is 0.451 e. The third kappa shape index (κ3) is 4.64. The molecule has 0 fully saturated rings. The molecule has 0 spiro atoms. The fraction of sp³-hybridized carbons (Fsp3) is 0.206. The van der Waals surface area contributed by atoms with Crippen molar-refractivity contribution in [2.24, 2.45) is 0 Å². The van der Waals surface area contributed by atoms with Crippen molar-refractivity contribution in [3.8, 4) is 11.1 Å². The SMILES string of the molecule is CCC(C)c1ccc(C(=O)OC(C)(C)c2ccc3c(ccc4cc(-c5ccccc5)ccc43)c2)cc1. The topological polar surface area (TPSA) is 26.3 Å². The quantitative estimate of drug-likeness (QED) is 0.182. The molecule has 36 heavy (non-hydrogen) atoms. The zero-order chi connectivity index (χ0) is 25.3. The molecule has 0 bridgehead atoms. The Balaban J connectivity index is 1.41. The van der Waals surface area contributed by atoms with Crippen LogP contribution in [0.15, 0.2) is 103 Å². The summed E-state index contributed by atoms with van der Waals surface area (Å²) in [4.78, 5) is 12.9. The number of rotatable bonds is 6. The highest BCUT2D eigenvalue weighted by molar-refractivity contribution is 6.08. The van der Waals surface area contributed by atoms with Crippen LogP contribution in [0.2, 0.25) is 0 Å². The normalized spacial score (nSPS) is 12.6. The van der Waals surface area contributed by atoms with Crippen molar-refractivity contribution >= 4 is 27.5 Å². The molecule has 180 valence electrons. The van der Waals surface area contributed by atoms with E-state index in [1.165, 1.54) is 32.8 Å². The molecule has 0 aliphatic rings. The Morgan fingerprint density at radius 2 is 1.39 bits per heavy atom. The lowest BCUT2D eigenvalue weighted by atomic mass is 9.92. The third-order valence-corrected chi connectivity index (χ3v) is 7.31. The van der Waals surface area contributed by atoms with E-state index in [1.54, 1.807) is 0 Å². The molecule has 0 aliphatic heterocycles. The summed E-state index contributed by atoms with van der Waals surface area (Å²) in [5.41, 5.74) is 4.46. The van der Waals surface area contributed by atoms with Crippen LogP contribution >= 0.6 is 0 Å². The van der Waals surface area contributed by atoms with Gasteiger partial charge in [-0.25, -0.2) is 4.79 Å². The lowest BCUT2D eigenvalue weighted by molar-refractivity contribution is -0.00307. The van der Waals surface area contributed by atoms with Gasteiger partial charge >= 0.3 is 5.97 Å². The van der Waals surface area contributed by atoms with Crippen molar-refractivity contribution in [1.29, 1.82) is 0 Å². The predicted molar refractivity (Wildman–Crippen MR) is 150 cm³/mol. The van der Waals surface area contributed by atoms with Gasteiger partial charge in [-0.05, 0) is 94.3 Å². The Morgan fingerprint density at radius 1 is 0.750 bits per heavy atom. The number of carbonyl (C=O) groups is 1. The highest BCUT2D eigenvalue weighted by atomic mass is 16.6. The van der Waals surface area contributed by atoms with Crippen LogP contribution in [-0.2, 0) is 10.3 Å². The van der Waals surface area contributed by atoms with E-state index in [0.717, 1.165) is 17.4 Å². The Labute approximate surface area is 213 Å². The van der Waals surface area contributed by atoms with Crippen LogP contribution in [0.3, 0.4) is 0 Å². The van der Waals surface area contributed by atoms with E-state index >= 15 is 0 Å². The van der Waals surface area contributed by atoms with E-state index in [1.807, 2.05) is 44.2 Å². The number of hydrogen-bond donors (Lipinski definition) is 0. The second-order valence-corrected chi connectivity index (χ2v) is 10.1. The molecule has 0 aromatic heterocycles. The smallest absolute Gasteiger partial charge is 0.338 e. The highest BCUT2D eigenvalue weighted by Crippen LogP contribution is 2.34. The summed E-state index contributed by atoms with van der Waals surface area (Å²) in [5, 5.41) is 4.76. The van der Waals surface area contributed by atoms with Crippen LogP contribution in [0, 0.1) is 0 Å². The maximum absolute atomic E-state index is 12.9. The van der Waals surface area contributed by atoms with Crippen LogP contribution in [-0.4, -0.2) is 5.97 Å². The Hall–Kier alpha value is -3.91. The first-order chi connectivity index (χ1) is 17.4. The van der Waals surface area contributed by atoms with Gasteiger partial charge in [0, 0.05) is 0 Å². The van der Waals surface area contributed by atoms with Gasteiger partial charge in [-0.2, -0.15) is 0 Å². The molecule has 5 aromatic carbocycles. The Morgan fingerprint density at radius 3 is 2.06 bits per heavy atom. The standard InChI is InChI=1S/C34H32O2/c1-5-23(2)24-11-13-26(14-12-24)33(35)36-34(3,4)30-18-20-32-29(22-30)16-15-28-21-27(17-19-31(28)32)25-9-7-6-8-10-25/h6-23H,5H2,1-4H3. The average molecular weight is 473 g/mol. The van der Waals surface area contributed by atoms with Crippen molar-refractivity contribution < 1.29 is 9.53 Å². The van der Waals surface area contributed by atoms with E-state index in [9.17, 15) is 4.79 Å². The predicted octanol–water partition coefficient (Wildman–Crippen LogP) is 9.27. The van der Waals surface area contributed by atoms with Gasteiger partial charge in [0.25, 0.3) is 0 Å². The maximum Gasteiger partial charge on any atom is 0.338 e. The highest BCUT2D eigenvalue weighted by Gasteiger charge is 2.26. The molecule has 0 heterocycles. The molecule has 0 amide bonds. The van der Waals surface area contributed by atoms with Crippen LogP contribution in [0.5, 0.6) is 0 Å². The number of ether oxygens (including phenoxy) is 1. The number of carbonyl (C=O) groups excluding carboxylic acids is 1. The van der Waals surface area contributed by atoms with Gasteiger partial charge in [-0.15, -0.1) is 0 Å². The van der Waals surface area contributed by atoms with Crippen molar-refractivity contribution in [3.05, 3.63) is 120 Å². The molecule has 0 N–H and O–H groups in total. The van der Waals surface area contributed by atoms with Crippen LogP contribution in [0.1, 0.15) is 61.5 Å². The van der Waals surface area contributed by atoms with Crippen molar-refractivity contribution in [2.75, 3.05) is 0 Å². The van der Waals surface area contributed by atoms with Crippen LogP contribution < -0.4 is 0 Å². The first kappa shape index (κ1) is 23.8. The van der Waals surface area contributed by atoms with Gasteiger partial charge in [0.1, 0.15) is 5.60 Å². The van der Waals surface area contributed by atoms with Crippen molar-refractivity contribution in [3.63, 3.8) is 0 Å². The number of hydrogen-bond acceptors (Lipinski definition) is 2. The minimum Gasteiger partial charge on any atom is -0.451 e. The minimum absolute atomic E-state index is 0.303. The monoisotopic (exact) mass is 472 g/mol. The zero-order valence-electron chi connectivity index (χ0n) is 21.4. The fourth-order valence-electron chi connectivity index (χ4n) is 4.79. The summed E-state index contributed by atoms with van der Waals surface area (Å²) in [6.45, 7) is 8.27. The van der Waals surface area contributed by atoms with E-state index in [-0.39, 0.29) is 5.97 Å². The molecule has 0 saturated carbocycles. The lowest BCUT2D eigenvalue weighted by Gasteiger charge is -2.26. The zero-order valence-corrected chi connectivity index (χ0v) is 21.4. The second-order valence-electron chi connectivity index (χ2n) is 10.1. The molecule has 2 nitrogen and oxygen atoms in total. The molecule has 1 unspecified atom stereocenters. The van der Waals surface area contributed by atoms with Gasteiger partial charge in [-0.3, -0.25) is 0 Å². The summed E-state index contributed by atoms with van der Waals surface area (Å²) in [6, 6.07) is 35.6. The van der Waals surface area contributed by atoms with E-state index in [2.05, 4.69) is 86.6 Å². The third-order valence-electron chi connectivity index (χ3n) is 7.31. The molecule has 2 heteroatoms. The van der Waals surface area contributed by atoms with E-state index in [0.29, 0.717) is 11.5 Å². The number of esters is 1. The molecule has 5 aromatic rings. The second kappa shape index (κ2) is 9.62. The molecular weight excluding hydrogens is 440 g/mol. The first-order valence-electron chi connectivity index (χ1n) is 12.7. The summed E-state index contributed by atoms with van der Waals surface area (Å²) in [5.74, 6) is 0.174. The average Bonchev–Trinajstić information content (AvgIpc) is 2.92. The van der Waals surface area contributed by atoms with E-state index < -0.39 is 5.60 Å². The maximum atomic E-state index is 12.9. The van der Waals surface area contributed by atoms with Gasteiger partial charge in [0.2, 0.25) is 0 Å². The molecule has 0 radical (unpaired) electrons. The summed E-state index contributed by atoms with van der Waals surface area (Å²) in [7, 11) is 0. The molecular formula is C34H32O2. The van der Waals surface area contributed by atoms with Gasteiger partial charge in [-0.1, -0.05) is 92.7 Å². The number of benzene rings is 5. The van der Waals surface area contributed by atoms with Gasteiger partial charge in [0.05, 0.1) is 5.56 Å². The molecule has 5 rings (SSSR count).